The Hall–Kier alpha value is -1.59. The summed E-state index contributed by atoms with van der Waals surface area (Å²) >= 11 is 5.91. The highest BCUT2D eigenvalue weighted by atomic mass is 35.5. The second-order valence-corrected chi connectivity index (χ2v) is 5.22. The number of imidazole rings is 1. The fourth-order valence-electron chi connectivity index (χ4n) is 1.98. The third kappa shape index (κ3) is 3.45. The molecular formula is C13H16ClN3O2. The van der Waals surface area contributed by atoms with Gasteiger partial charge in [-0.3, -0.25) is 9.69 Å². The largest absolute Gasteiger partial charge is 0.481 e. The van der Waals surface area contributed by atoms with Crippen molar-refractivity contribution in [3.8, 4) is 0 Å². The maximum absolute atomic E-state index is 10.8. The smallest absolute Gasteiger partial charge is 0.307 e. The van der Waals surface area contributed by atoms with Crippen molar-refractivity contribution in [1.29, 1.82) is 0 Å². The molecule has 0 saturated carbocycles. The van der Waals surface area contributed by atoms with Crippen LogP contribution in [0.2, 0.25) is 5.02 Å². The van der Waals surface area contributed by atoms with E-state index in [9.17, 15) is 4.79 Å². The fourth-order valence-corrected chi connectivity index (χ4v) is 2.15. The monoisotopic (exact) mass is 281 g/mol. The molecule has 0 spiro atoms. The van der Waals surface area contributed by atoms with Crippen LogP contribution in [0.3, 0.4) is 0 Å². The van der Waals surface area contributed by atoms with Crippen LogP contribution in [0.15, 0.2) is 24.5 Å². The number of aromatic nitrogens is 2. The normalized spacial score (nSPS) is 13.1. The molecule has 0 aromatic carbocycles. The van der Waals surface area contributed by atoms with Gasteiger partial charge < -0.3 is 9.51 Å². The van der Waals surface area contributed by atoms with Crippen molar-refractivity contribution < 1.29 is 9.90 Å². The Bertz CT molecular complexity index is 597. The van der Waals surface area contributed by atoms with Gasteiger partial charge in [0.2, 0.25) is 0 Å². The summed E-state index contributed by atoms with van der Waals surface area (Å²) in [6, 6.07) is 3.65. The molecule has 0 bridgehead atoms. The van der Waals surface area contributed by atoms with Gasteiger partial charge in [-0.2, -0.15) is 0 Å². The lowest BCUT2D eigenvalue weighted by atomic mass is 10.2. The van der Waals surface area contributed by atoms with Crippen LogP contribution in [0.5, 0.6) is 0 Å². The molecule has 102 valence electrons. The first-order valence-corrected chi connectivity index (χ1v) is 6.38. The molecule has 0 amide bonds. The summed E-state index contributed by atoms with van der Waals surface area (Å²) in [5.41, 5.74) is 1.72. The Morgan fingerprint density at radius 3 is 2.95 bits per heavy atom. The molecule has 19 heavy (non-hydrogen) atoms. The molecular weight excluding hydrogens is 266 g/mol. The van der Waals surface area contributed by atoms with Gasteiger partial charge in [-0.1, -0.05) is 18.5 Å². The van der Waals surface area contributed by atoms with Crippen LogP contribution in [0, 0.1) is 5.92 Å². The average Bonchev–Trinajstić information content (AvgIpc) is 2.69. The Labute approximate surface area is 116 Å². The van der Waals surface area contributed by atoms with E-state index in [1.165, 1.54) is 0 Å². The van der Waals surface area contributed by atoms with E-state index in [0.717, 1.165) is 11.3 Å². The number of carboxylic acids is 1. The lowest BCUT2D eigenvalue weighted by molar-refractivity contribution is -0.141. The maximum atomic E-state index is 10.8. The Morgan fingerprint density at radius 2 is 2.26 bits per heavy atom. The molecule has 0 aliphatic heterocycles. The van der Waals surface area contributed by atoms with Crippen molar-refractivity contribution in [3.05, 3.63) is 35.2 Å². The van der Waals surface area contributed by atoms with E-state index in [0.29, 0.717) is 18.1 Å². The Morgan fingerprint density at radius 1 is 1.53 bits per heavy atom. The second kappa shape index (κ2) is 5.59. The lowest BCUT2D eigenvalue weighted by Gasteiger charge is -2.17. The first-order valence-electron chi connectivity index (χ1n) is 6.00. The van der Waals surface area contributed by atoms with Crippen LogP contribution in [0.4, 0.5) is 0 Å². The Balaban J connectivity index is 2.06. The van der Waals surface area contributed by atoms with Gasteiger partial charge in [-0.05, 0) is 19.2 Å². The molecule has 6 heteroatoms. The minimum Gasteiger partial charge on any atom is -0.481 e. The Kier molecular flexibility index (Phi) is 4.07. The topological polar surface area (TPSA) is 57.8 Å². The SMILES string of the molecule is CC(CN(C)Cc1cn2cc(Cl)ccc2n1)C(=O)O. The molecule has 5 nitrogen and oxygen atoms in total. The van der Waals surface area contributed by atoms with Crippen molar-refractivity contribution in [1.82, 2.24) is 14.3 Å². The molecule has 0 aliphatic carbocycles. The van der Waals surface area contributed by atoms with E-state index in [1.807, 2.05) is 28.6 Å². The zero-order valence-corrected chi connectivity index (χ0v) is 11.6. The summed E-state index contributed by atoms with van der Waals surface area (Å²) in [5.74, 6) is -1.18. The van der Waals surface area contributed by atoms with Gasteiger partial charge in [0.15, 0.2) is 0 Å². The zero-order valence-electron chi connectivity index (χ0n) is 10.9. The molecule has 2 aromatic rings. The molecule has 0 saturated heterocycles. The van der Waals surface area contributed by atoms with Crippen molar-refractivity contribution >= 4 is 23.2 Å². The summed E-state index contributed by atoms with van der Waals surface area (Å²) in [6.07, 6.45) is 3.70. The molecule has 2 aromatic heterocycles. The van der Waals surface area contributed by atoms with Crippen LogP contribution in [0.1, 0.15) is 12.6 Å². The molecule has 1 unspecified atom stereocenters. The predicted octanol–water partition coefficient (Wildman–Crippen LogP) is 2.14. The average molecular weight is 282 g/mol. The number of fused-ring (bicyclic) bond motifs is 1. The van der Waals surface area contributed by atoms with Gasteiger partial charge in [0.1, 0.15) is 5.65 Å². The van der Waals surface area contributed by atoms with E-state index in [2.05, 4.69) is 4.98 Å². The number of carboxylic acid groups (broad SMARTS) is 1. The predicted molar refractivity (Wildman–Crippen MR) is 73.3 cm³/mol. The van der Waals surface area contributed by atoms with E-state index >= 15 is 0 Å². The van der Waals surface area contributed by atoms with Crippen LogP contribution >= 0.6 is 11.6 Å². The summed E-state index contributed by atoms with van der Waals surface area (Å²) in [7, 11) is 1.89. The van der Waals surface area contributed by atoms with E-state index in [4.69, 9.17) is 16.7 Å². The summed E-state index contributed by atoms with van der Waals surface area (Å²) in [4.78, 5) is 17.2. The second-order valence-electron chi connectivity index (χ2n) is 4.78. The molecule has 2 heterocycles. The molecule has 0 radical (unpaired) electrons. The maximum Gasteiger partial charge on any atom is 0.307 e. The van der Waals surface area contributed by atoms with Gasteiger partial charge in [0.05, 0.1) is 16.6 Å². The quantitative estimate of drug-likeness (QED) is 0.912. The van der Waals surface area contributed by atoms with Crippen molar-refractivity contribution in [3.63, 3.8) is 0 Å². The van der Waals surface area contributed by atoms with Crippen LogP contribution < -0.4 is 0 Å². The number of halogens is 1. The van der Waals surface area contributed by atoms with Gasteiger partial charge in [0, 0.05) is 25.5 Å². The summed E-state index contributed by atoms with van der Waals surface area (Å²) in [5, 5.41) is 9.54. The number of aliphatic carboxylic acids is 1. The standard InChI is InChI=1S/C13H16ClN3O2/c1-9(13(18)19)5-16(2)7-11-8-17-6-10(14)3-4-12(17)15-11/h3-4,6,8-9H,5,7H2,1-2H3,(H,18,19). The summed E-state index contributed by atoms with van der Waals surface area (Å²) < 4.78 is 1.87. The van der Waals surface area contributed by atoms with Gasteiger partial charge in [-0.25, -0.2) is 4.98 Å². The number of rotatable bonds is 5. The molecule has 2 rings (SSSR count). The van der Waals surface area contributed by atoms with E-state index < -0.39 is 11.9 Å². The molecule has 0 fully saturated rings. The molecule has 1 atom stereocenters. The van der Waals surface area contributed by atoms with E-state index in [1.54, 1.807) is 19.2 Å². The number of pyridine rings is 1. The first-order chi connectivity index (χ1) is 8.95. The minimum absolute atomic E-state index is 0.392. The minimum atomic E-state index is -0.784. The number of nitrogens with zero attached hydrogens (tertiary/aromatic N) is 3. The highest BCUT2D eigenvalue weighted by molar-refractivity contribution is 6.30. The third-order valence-corrected chi connectivity index (χ3v) is 3.13. The molecule has 0 aliphatic rings. The van der Waals surface area contributed by atoms with Gasteiger partial charge >= 0.3 is 5.97 Å². The first kappa shape index (κ1) is 13.8. The highest BCUT2D eigenvalue weighted by Crippen LogP contribution is 2.13. The van der Waals surface area contributed by atoms with Crippen LogP contribution in [0.25, 0.3) is 5.65 Å². The van der Waals surface area contributed by atoms with Crippen molar-refractivity contribution in [2.24, 2.45) is 5.92 Å². The van der Waals surface area contributed by atoms with Crippen molar-refractivity contribution in [2.45, 2.75) is 13.5 Å². The fraction of sp³-hybridized carbons (Fsp3) is 0.385. The van der Waals surface area contributed by atoms with E-state index in [-0.39, 0.29) is 0 Å². The van der Waals surface area contributed by atoms with Crippen molar-refractivity contribution in [2.75, 3.05) is 13.6 Å². The zero-order chi connectivity index (χ0) is 14.0. The third-order valence-electron chi connectivity index (χ3n) is 2.90. The van der Waals surface area contributed by atoms with Gasteiger partial charge in [0.25, 0.3) is 0 Å². The van der Waals surface area contributed by atoms with Crippen LogP contribution in [-0.2, 0) is 11.3 Å². The van der Waals surface area contributed by atoms with Crippen LogP contribution in [-0.4, -0.2) is 39.0 Å². The van der Waals surface area contributed by atoms with Gasteiger partial charge in [-0.15, -0.1) is 0 Å². The lowest BCUT2D eigenvalue weighted by Crippen LogP contribution is -2.28. The summed E-state index contributed by atoms with van der Waals surface area (Å²) in [6.45, 7) is 2.79. The number of hydrogen-bond donors (Lipinski definition) is 1. The highest BCUT2D eigenvalue weighted by Gasteiger charge is 2.14. The number of carbonyl (C=O) groups is 1. The molecule has 1 N–H and O–H groups in total. The number of hydrogen-bond acceptors (Lipinski definition) is 3.